The fourth-order valence-corrected chi connectivity index (χ4v) is 3.20. The first kappa shape index (κ1) is 20.0. The number of methoxy groups -OCH3 is 1. The molecular weight excluding hydrogens is 378 g/mol. The highest BCUT2D eigenvalue weighted by Gasteiger charge is 2.36. The van der Waals surface area contributed by atoms with Crippen molar-refractivity contribution >= 4 is 23.3 Å². The Labute approximate surface area is 166 Å². The largest absolute Gasteiger partial charge is 0.497 e. The number of benzene rings is 2. The van der Waals surface area contributed by atoms with Crippen molar-refractivity contribution < 1.29 is 24.4 Å². The number of hydrazone groups is 1. The van der Waals surface area contributed by atoms with Gasteiger partial charge in [-0.15, -0.1) is 0 Å². The molecule has 0 saturated carbocycles. The summed E-state index contributed by atoms with van der Waals surface area (Å²) in [5.74, 6) is -0.935. The molecule has 0 radical (unpaired) electrons. The highest BCUT2D eigenvalue weighted by molar-refractivity contribution is 6.03. The van der Waals surface area contributed by atoms with Crippen LogP contribution in [0, 0.1) is 10.1 Å². The maximum absolute atomic E-state index is 12.7. The maximum Gasteiger partial charge on any atom is 0.303 e. The number of ether oxygens (including phenoxy) is 1. The summed E-state index contributed by atoms with van der Waals surface area (Å²) in [6, 6.07) is 12.6. The first-order valence-corrected chi connectivity index (χ1v) is 8.89. The second kappa shape index (κ2) is 8.51. The fourth-order valence-electron chi connectivity index (χ4n) is 3.20. The number of carboxylic acids is 1. The van der Waals surface area contributed by atoms with Crippen molar-refractivity contribution in [1.82, 2.24) is 5.01 Å². The molecule has 1 aliphatic rings. The van der Waals surface area contributed by atoms with E-state index in [-0.39, 0.29) is 24.9 Å². The lowest BCUT2D eigenvalue weighted by Gasteiger charge is -2.21. The smallest absolute Gasteiger partial charge is 0.303 e. The van der Waals surface area contributed by atoms with Gasteiger partial charge in [0.15, 0.2) is 0 Å². The van der Waals surface area contributed by atoms with Crippen LogP contribution < -0.4 is 4.74 Å². The number of para-hydroxylation sites is 1. The summed E-state index contributed by atoms with van der Waals surface area (Å²) in [5, 5.41) is 25.9. The van der Waals surface area contributed by atoms with E-state index in [2.05, 4.69) is 5.10 Å². The third-order valence-electron chi connectivity index (χ3n) is 4.63. The lowest BCUT2D eigenvalue weighted by molar-refractivity contribution is -0.385. The molecule has 0 aromatic heterocycles. The molecule has 1 atom stereocenters. The number of carboxylic acid groups (broad SMARTS) is 1. The number of carbonyl (C=O) groups excluding carboxylic acids is 1. The molecule has 0 saturated heterocycles. The van der Waals surface area contributed by atoms with Crippen LogP contribution >= 0.6 is 0 Å². The number of hydrogen-bond acceptors (Lipinski definition) is 6. The molecule has 1 aliphatic heterocycles. The molecule has 0 aliphatic carbocycles. The Morgan fingerprint density at radius 3 is 2.52 bits per heavy atom. The lowest BCUT2D eigenvalue weighted by atomic mass is 9.97. The van der Waals surface area contributed by atoms with Gasteiger partial charge in [0.25, 0.3) is 5.69 Å². The number of amides is 1. The average Bonchev–Trinajstić information content (AvgIpc) is 3.17. The molecule has 1 unspecified atom stereocenters. The first-order chi connectivity index (χ1) is 13.9. The van der Waals surface area contributed by atoms with Crippen LogP contribution in [0.4, 0.5) is 5.69 Å². The minimum Gasteiger partial charge on any atom is -0.497 e. The zero-order valence-electron chi connectivity index (χ0n) is 15.6. The maximum atomic E-state index is 12.7. The van der Waals surface area contributed by atoms with Crippen LogP contribution in [0.3, 0.4) is 0 Å². The molecule has 1 heterocycles. The van der Waals surface area contributed by atoms with Crippen LogP contribution in [0.2, 0.25) is 0 Å². The van der Waals surface area contributed by atoms with Gasteiger partial charge in [0.05, 0.1) is 35.8 Å². The molecule has 3 rings (SSSR count). The SMILES string of the molecule is COc1ccc(C2=NN(C(=O)CCC(=O)O)C(c3ccccc3[N+](=O)[O-])C2)cc1. The van der Waals surface area contributed by atoms with Gasteiger partial charge in [-0.05, 0) is 35.9 Å². The summed E-state index contributed by atoms with van der Waals surface area (Å²) in [7, 11) is 1.55. The van der Waals surface area contributed by atoms with Crippen molar-refractivity contribution in [2.75, 3.05) is 7.11 Å². The van der Waals surface area contributed by atoms with E-state index in [1.54, 1.807) is 49.6 Å². The Hall–Kier alpha value is -3.75. The first-order valence-electron chi connectivity index (χ1n) is 8.89. The van der Waals surface area contributed by atoms with Crippen LogP contribution in [0.5, 0.6) is 5.75 Å². The predicted octanol–water partition coefficient (Wildman–Crippen LogP) is 3.15. The molecule has 150 valence electrons. The zero-order valence-corrected chi connectivity index (χ0v) is 15.6. The van der Waals surface area contributed by atoms with Crippen LogP contribution in [0.25, 0.3) is 0 Å². The monoisotopic (exact) mass is 397 g/mol. The van der Waals surface area contributed by atoms with Gasteiger partial charge in [0, 0.05) is 18.9 Å². The highest BCUT2D eigenvalue weighted by atomic mass is 16.6. The van der Waals surface area contributed by atoms with Crippen molar-refractivity contribution in [2.24, 2.45) is 5.10 Å². The van der Waals surface area contributed by atoms with E-state index >= 15 is 0 Å². The number of hydrogen-bond donors (Lipinski definition) is 1. The van der Waals surface area contributed by atoms with E-state index in [9.17, 15) is 19.7 Å². The number of aliphatic carboxylic acids is 1. The summed E-state index contributed by atoms with van der Waals surface area (Å²) in [6.07, 6.45) is -0.311. The molecule has 1 N–H and O–H groups in total. The minimum absolute atomic E-state index is 0.111. The van der Waals surface area contributed by atoms with Crippen LogP contribution in [0.1, 0.15) is 36.4 Å². The Morgan fingerprint density at radius 2 is 1.90 bits per heavy atom. The number of nitro benzene ring substituents is 1. The van der Waals surface area contributed by atoms with Crippen molar-refractivity contribution in [3.8, 4) is 5.75 Å². The van der Waals surface area contributed by atoms with Gasteiger partial charge < -0.3 is 9.84 Å². The Bertz CT molecular complexity index is 970. The highest BCUT2D eigenvalue weighted by Crippen LogP contribution is 2.37. The van der Waals surface area contributed by atoms with Gasteiger partial charge in [-0.1, -0.05) is 12.1 Å². The lowest BCUT2D eigenvalue weighted by Crippen LogP contribution is -2.27. The summed E-state index contributed by atoms with van der Waals surface area (Å²) < 4.78 is 5.14. The summed E-state index contributed by atoms with van der Waals surface area (Å²) >= 11 is 0. The second-order valence-corrected chi connectivity index (χ2v) is 6.44. The predicted molar refractivity (Wildman–Crippen MR) is 104 cm³/mol. The molecule has 9 nitrogen and oxygen atoms in total. The Morgan fingerprint density at radius 1 is 1.21 bits per heavy atom. The molecule has 0 fully saturated rings. The third-order valence-corrected chi connectivity index (χ3v) is 4.63. The van der Waals surface area contributed by atoms with Gasteiger partial charge in [-0.3, -0.25) is 19.7 Å². The zero-order chi connectivity index (χ0) is 21.0. The van der Waals surface area contributed by atoms with Crippen molar-refractivity contribution in [2.45, 2.75) is 25.3 Å². The van der Waals surface area contributed by atoms with E-state index in [0.29, 0.717) is 17.0 Å². The molecule has 2 aromatic carbocycles. The van der Waals surface area contributed by atoms with Crippen LogP contribution in [0.15, 0.2) is 53.6 Å². The number of rotatable bonds is 7. The molecule has 29 heavy (non-hydrogen) atoms. The van der Waals surface area contributed by atoms with Crippen LogP contribution in [-0.4, -0.2) is 39.7 Å². The van der Waals surface area contributed by atoms with Gasteiger partial charge in [0.1, 0.15) is 5.75 Å². The summed E-state index contributed by atoms with van der Waals surface area (Å²) in [6.45, 7) is 0. The third kappa shape index (κ3) is 4.40. The molecular formula is C20H19N3O6. The van der Waals surface area contributed by atoms with E-state index in [0.717, 1.165) is 5.56 Å². The fraction of sp³-hybridized carbons (Fsp3) is 0.250. The van der Waals surface area contributed by atoms with Gasteiger partial charge in [0.2, 0.25) is 5.91 Å². The normalized spacial score (nSPS) is 15.7. The average molecular weight is 397 g/mol. The number of nitrogens with zero attached hydrogens (tertiary/aromatic N) is 3. The summed E-state index contributed by atoms with van der Waals surface area (Å²) in [5.41, 5.74) is 1.58. The quantitative estimate of drug-likeness (QED) is 0.566. The Balaban J connectivity index is 1.97. The number of nitro groups is 1. The van der Waals surface area contributed by atoms with E-state index in [1.807, 2.05) is 0 Å². The minimum atomic E-state index is -1.10. The van der Waals surface area contributed by atoms with E-state index in [4.69, 9.17) is 9.84 Å². The second-order valence-electron chi connectivity index (χ2n) is 6.44. The van der Waals surface area contributed by atoms with E-state index in [1.165, 1.54) is 11.1 Å². The van der Waals surface area contributed by atoms with Gasteiger partial charge in [-0.25, -0.2) is 5.01 Å². The standard InChI is InChI=1S/C20H19N3O6/c1-29-14-8-6-13(7-9-14)16-12-18(15-4-2-3-5-17(15)23(27)28)22(21-16)19(24)10-11-20(25)26/h2-9,18H,10-12H2,1H3,(H,25,26). The van der Waals surface area contributed by atoms with Crippen molar-refractivity contribution in [3.05, 3.63) is 69.8 Å². The molecule has 9 heteroatoms. The van der Waals surface area contributed by atoms with Crippen molar-refractivity contribution in [1.29, 1.82) is 0 Å². The molecule has 2 aromatic rings. The Kier molecular flexibility index (Phi) is 5.87. The van der Waals surface area contributed by atoms with Gasteiger partial charge >= 0.3 is 5.97 Å². The summed E-state index contributed by atoms with van der Waals surface area (Å²) in [4.78, 5) is 34.5. The molecule has 0 spiro atoms. The number of carbonyl (C=O) groups is 2. The van der Waals surface area contributed by atoms with Gasteiger partial charge in [-0.2, -0.15) is 5.10 Å². The van der Waals surface area contributed by atoms with Crippen LogP contribution in [-0.2, 0) is 9.59 Å². The topological polar surface area (TPSA) is 122 Å². The van der Waals surface area contributed by atoms with E-state index < -0.39 is 22.8 Å². The molecule has 0 bridgehead atoms. The van der Waals surface area contributed by atoms with Crippen molar-refractivity contribution in [3.63, 3.8) is 0 Å². The molecule has 1 amide bonds.